The van der Waals surface area contributed by atoms with E-state index in [-0.39, 0.29) is 5.56 Å². The molecule has 8 heteroatoms. The molecule has 1 aliphatic rings. The number of aromatic amines is 1. The maximum Gasteiger partial charge on any atom is 0.254 e. The zero-order valence-electron chi connectivity index (χ0n) is 16.1. The van der Waals surface area contributed by atoms with Gasteiger partial charge in [0.05, 0.1) is 11.9 Å². The van der Waals surface area contributed by atoms with Crippen LogP contribution in [0.4, 0.5) is 5.82 Å². The van der Waals surface area contributed by atoms with Crippen LogP contribution in [0, 0.1) is 0 Å². The molecule has 0 saturated carbocycles. The van der Waals surface area contributed by atoms with Crippen molar-refractivity contribution in [2.24, 2.45) is 0 Å². The summed E-state index contributed by atoms with van der Waals surface area (Å²) in [6.07, 6.45) is 8.02. The van der Waals surface area contributed by atoms with E-state index in [9.17, 15) is 4.79 Å². The van der Waals surface area contributed by atoms with E-state index in [0.29, 0.717) is 17.9 Å². The van der Waals surface area contributed by atoms with Gasteiger partial charge in [0, 0.05) is 69.9 Å². The molecule has 0 bridgehead atoms. The molecular weight excluding hydrogens is 354 g/mol. The largest absolute Gasteiger partial charge is 0.362 e. The van der Waals surface area contributed by atoms with Crippen LogP contribution in [0.3, 0.4) is 0 Å². The van der Waals surface area contributed by atoms with Crippen LogP contribution in [-0.4, -0.2) is 57.0 Å². The molecule has 28 heavy (non-hydrogen) atoms. The highest BCUT2D eigenvalue weighted by Gasteiger charge is 2.20. The van der Waals surface area contributed by atoms with Gasteiger partial charge in [0.25, 0.3) is 5.56 Å². The number of rotatable bonds is 4. The summed E-state index contributed by atoms with van der Waals surface area (Å²) in [6.45, 7) is 2.44. The molecule has 0 aromatic carbocycles. The second kappa shape index (κ2) is 7.85. The van der Waals surface area contributed by atoms with Gasteiger partial charge in [-0.05, 0) is 12.5 Å². The minimum atomic E-state index is -0.0807. The fraction of sp³-hybridized carbons (Fsp3) is 0.350. The summed E-state index contributed by atoms with van der Waals surface area (Å²) in [5.74, 6) is 1.46. The molecule has 0 radical (unpaired) electrons. The number of nitrogens with one attached hydrogen (secondary N) is 1. The van der Waals surface area contributed by atoms with Crippen molar-refractivity contribution >= 4 is 5.82 Å². The zero-order valence-corrected chi connectivity index (χ0v) is 16.1. The van der Waals surface area contributed by atoms with E-state index in [1.807, 2.05) is 31.3 Å². The average molecular weight is 377 g/mol. The van der Waals surface area contributed by atoms with Crippen molar-refractivity contribution in [2.45, 2.75) is 19.4 Å². The molecule has 1 N–H and O–H groups in total. The molecule has 3 aromatic rings. The Bertz CT molecular complexity index is 1020. The smallest absolute Gasteiger partial charge is 0.254 e. The third-order valence-electron chi connectivity index (χ3n) is 4.93. The molecule has 0 amide bonds. The Morgan fingerprint density at radius 3 is 2.79 bits per heavy atom. The molecule has 0 aliphatic carbocycles. The van der Waals surface area contributed by atoms with Gasteiger partial charge in [0.2, 0.25) is 0 Å². The lowest BCUT2D eigenvalue weighted by Crippen LogP contribution is -2.27. The molecular formula is C20H23N7O. The van der Waals surface area contributed by atoms with E-state index in [1.165, 1.54) is 5.56 Å². The SMILES string of the molecule is CN(C)c1ncccc1CN1CCc2nc(-c3cnccn3)[nH]c(=O)c2CC1. The molecule has 4 rings (SSSR count). The van der Waals surface area contributed by atoms with Crippen LogP contribution in [0.2, 0.25) is 0 Å². The van der Waals surface area contributed by atoms with Gasteiger partial charge in [-0.2, -0.15) is 0 Å². The third-order valence-corrected chi connectivity index (χ3v) is 4.93. The second-order valence-corrected chi connectivity index (χ2v) is 7.09. The maximum atomic E-state index is 12.6. The fourth-order valence-electron chi connectivity index (χ4n) is 3.55. The van der Waals surface area contributed by atoms with Crippen LogP contribution in [0.5, 0.6) is 0 Å². The molecule has 8 nitrogen and oxygen atoms in total. The van der Waals surface area contributed by atoms with Gasteiger partial charge in [-0.1, -0.05) is 6.07 Å². The second-order valence-electron chi connectivity index (χ2n) is 7.09. The fourth-order valence-corrected chi connectivity index (χ4v) is 3.55. The summed E-state index contributed by atoms with van der Waals surface area (Å²) in [6, 6.07) is 4.08. The first-order valence-electron chi connectivity index (χ1n) is 9.34. The molecule has 4 heterocycles. The molecule has 0 spiro atoms. The molecule has 3 aromatic heterocycles. The number of pyridine rings is 1. The van der Waals surface area contributed by atoms with E-state index < -0.39 is 0 Å². The van der Waals surface area contributed by atoms with Crippen molar-refractivity contribution in [3.63, 3.8) is 0 Å². The van der Waals surface area contributed by atoms with Crippen LogP contribution in [0.1, 0.15) is 16.8 Å². The Hall–Kier alpha value is -3.13. The topological polar surface area (TPSA) is 90.9 Å². The summed E-state index contributed by atoms with van der Waals surface area (Å²) in [7, 11) is 4.00. The highest BCUT2D eigenvalue weighted by molar-refractivity contribution is 5.48. The third kappa shape index (κ3) is 3.77. The molecule has 144 valence electrons. The summed E-state index contributed by atoms with van der Waals surface area (Å²) in [4.78, 5) is 37.4. The maximum absolute atomic E-state index is 12.6. The first kappa shape index (κ1) is 18.2. The van der Waals surface area contributed by atoms with Crippen molar-refractivity contribution in [1.82, 2.24) is 29.8 Å². The van der Waals surface area contributed by atoms with E-state index in [1.54, 1.807) is 18.6 Å². The quantitative estimate of drug-likeness (QED) is 0.732. The van der Waals surface area contributed by atoms with E-state index in [0.717, 1.165) is 43.1 Å². The number of anilines is 1. The van der Waals surface area contributed by atoms with Gasteiger partial charge in [0.15, 0.2) is 5.82 Å². The lowest BCUT2D eigenvalue weighted by atomic mass is 10.1. The number of hydrogen-bond acceptors (Lipinski definition) is 7. The summed E-state index contributed by atoms with van der Waals surface area (Å²) >= 11 is 0. The molecule has 0 saturated heterocycles. The number of aromatic nitrogens is 5. The Balaban J connectivity index is 1.56. The van der Waals surface area contributed by atoms with Crippen molar-refractivity contribution in [3.05, 3.63) is 64.1 Å². The molecule has 0 unspecified atom stereocenters. The standard InChI is InChI=1S/C20H23N7O/c1-26(2)19-14(4-3-7-23-19)13-27-10-5-15-16(6-11-27)24-18(25-20(15)28)17-12-21-8-9-22-17/h3-4,7-9,12H,5-6,10-11,13H2,1-2H3,(H,24,25,28). The zero-order chi connectivity index (χ0) is 19.5. The van der Waals surface area contributed by atoms with Gasteiger partial charge >= 0.3 is 0 Å². The summed E-state index contributed by atoms with van der Waals surface area (Å²) in [5.41, 5.74) is 3.30. The molecule has 1 aliphatic heterocycles. The number of hydrogen-bond donors (Lipinski definition) is 1. The van der Waals surface area contributed by atoms with Gasteiger partial charge in [-0.25, -0.2) is 15.0 Å². The highest BCUT2D eigenvalue weighted by atomic mass is 16.1. The van der Waals surface area contributed by atoms with E-state index in [4.69, 9.17) is 0 Å². The number of H-pyrrole nitrogens is 1. The lowest BCUT2D eigenvalue weighted by molar-refractivity contribution is 0.279. The predicted molar refractivity (Wildman–Crippen MR) is 107 cm³/mol. The Morgan fingerprint density at radius 1 is 1.14 bits per heavy atom. The van der Waals surface area contributed by atoms with Crippen LogP contribution < -0.4 is 10.5 Å². The van der Waals surface area contributed by atoms with Crippen LogP contribution in [-0.2, 0) is 19.4 Å². The van der Waals surface area contributed by atoms with Crippen LogP contribution >= 0.6 is 0 Å². The normalized spacial score (nSPS) is 14.4. The Kier molecular flexibility index (Phi) is 5.12. The lowest BCUT2D eigenvalue weighted by Gasteiger charge is -2.23. The monoisotopic (exact) mass is 377 g/mol. The molecule has 0 atom stereocenters. The number of nitrogens with zero attached hydrogens (tertiary/aromatic N) is 6. The first-order chi connectivity index (χ1) is 13.6. The van der Waals surface area contributed by atoms with Gasteiger partial charge in [0.1, 0.15) is 11.5 Å². The van der Waals surface area contributed by atoms with Gasteiger partial charge in [-0.15, -0.1) is 0 Å². The predicted octanol–water partition coefficient (Wildman–Crippen LogP) is 1.29. The minimum Gasteiger partial charge on any atom is -0.362 e. The summed E-state index contributed by atoms with van der Waals surface area (Å²) < 4.78 is 0. The van der Waals surface area contributed by atoms with E-state index >= 15 is 0 Å². The van der Waals surface area contributed by atoms with Crippen LogP contribution in [0.15, 0.2) is 41.7 Å². The Morgan fingerprint density at radius 2 is 2.00 bits per heavy atom. The van der Waals surface area contributed by atoms with Crippen LogP contribution in [0.25, 0.3) is 11.5 Å². The highest BCUT2D eigenvalue weighted by Crippen LogP contribution is 2.20. The Labute approximate surface area is 163 Å². The number of fused-ring (bicyclic) bond motifs is 1. The van der Waals surface area contributed by atoms with Gasteiger partial charge < -0.3 is 9.88 Å². The average Bonchev–Trinajstić information content (AvgIpc) is 2.92. The van der Waals surface area contributed by atoms with Crippen molar-refractivity contribution < 1.29 is 0 Å². The molecule has 0 fully saturated rings. The van der Waals surface area contributed by atoms with Crippen molar-refractivity contribution in [2.75, 3.05) is 32.1 Å². The van der Waals surface area contributed by atoms with Gasteiger partial charge in [-0.3, -0.25) is 14.7 Å². The minimum absolute atomic E-state index is 0.0807. The van der Waals surface area contributed by atoms with Crippen molar-refractivity contribution in [3.8, 4) is 11.5 Å². The van der Waals surface area contributed by atoms with Crippen molar-refractivity contribution in [1.29, 1.82) is 0 Å². The van der Waals surface area contributed by atoms with E-state index in [2.05, 4.69) is 35.9 Å². The summed E-state index contributed by atoms with van der Waals surface area (Å²) in [5, 5.41) is 0. The first-order valence-corrected chi connectivity index (χ1v) is 9.34.